The second-order valence-electron chi connectivity index (χ2n) is 5.73. The van der Waals surface area contributed by atoms with Crippen molar-refractivity contribution in [1.29, 1.82) is 0 Å². The summed E-state index contributed by atoms with van der Waals surface area (Å²) in [5.74, 6) is 1.35. The van der Waals surface area contributed by atoms with Crippen molar-refractivity contribution < 1.29 is 14.3 Å². The highest BCUT2D eigenvalue weighted by Crippen LogP contribution is 2.30. The summed E-state index contributed by atoms with van der Waals surface area (Å²) in [6.07, 6.45) is 0.317. The number of methoxy groups -OCH3 is 2. The van der Waals surface area contributed by atoms with Gasteiger partial charge in [-0.2, -0.15) is 0 Å². The third-order valence-electron chi connectivity index (χ3n) is 4.10. The summed E-state index contributed by atoms with van der Waals surface area (Å²) in [6, 6.07) is 5.56. The molecular weight excluding hydrogens is 324 g/mol. The number of aryl methyl sites for hydroxylation is 2. The number of thiazole rings is 1. The van der Waals surface area contributed by atoms with Crippen LogP contribution in [0.25, 0.3) is 0 Å². The minimum atomic E-state index is 0.00356. The Morgan fingerprint density at radius 2 is 1.92 bits per heavy atom. The second-order valence-corrected chi connectivity index (χ2v) is 6.96. The predicted molar refractivity (Wildman–Crippen MR) is 96.0 cm³/mol. The van der Waals surface area contributed by atoms with Crippen LogP contribution in [-0.2, 0) is 11.2 Å². The average Bonchev–Trinajstić information content (AvgIpc) is 2.91. The Morgan fingerprint density at radius 3 is 2.46 bits per heavy atom. The van der Waals surface area contributed by atoms with Gasteiger partial charge in [0.15, 0.2) is 11.5 Å². The lowest BCUT2D eigenvalue weighted by molar-refractivity contribution is -0.131. The highest BCUT2D eigenvalue weighted by atomic mass is 32.1. The van der Waals surface area contributed by atoms with E-state index in [0.717, 1.165) is 21.1 Å². The van der Waals surface area contributed by atoms with Crippen LogP contribution in [0.1, 0.15) is 34.1 Å². The van der Waals surface area contributed by atoms with Gasteiger partial charge >= 0.3 is 0 Å². The van der Waals surface area contributed by atoms with Crippen molar-refractivity contribution in [1.82, 2.24) is 9.88 Å². The molecule has 2 aromatic rings. The van der Waals surface area contributed by atoms with Crippen LogP contribution < -0.4 is 9.47 Å². The zero-order valence-electron chi connectivity index (χ0n) is 15.0. The molecule has 0 saturated heterocycles. The maximum atomic E-state index is 12.6. The van der Waals surface area contributed by atoms with Gasteiger partial charge in [0.1, 0.15) is 0 Å². The minimum absolute atomic E-state index is 0.00356. The van der Waals surface area contributed by atoms with Gasteiger partial charge in [0.05, 0.1) is 37.4 Å². The molecule has 24 heavy (non-hydrogen) atoms. The van der Waals surface area contributed by atoms with E-state index in [1.165, 1.54) is 0 Å². The van der Waals surface area contributed by atoms with E-state index in [9.17, 15) is 4.79 Å². The quantitative estimate of drug-likeness (QED) is 0.801. The molecule has 0 bridgehead atoms. The standard InChI is InChI=1S/C18H24N2O3S/c1-11-18(24-13(3)19-11)12(2)20(4)17(21)10-14-7-8-15(22-5)16(9-14)23-6/h7-9,12H,10H2,1-6H3/t12-/m0/s1. The topological polar surface area (TPSA) is 51.7 Å². The van der Waals surface area contributed by atoms with Gasteiger partial charge in [-0.05, 0) is 38.5 Å². The molecule has 0 saturated carbocycles. The molecule has 0 radical (unpaired) electrons. The zero-order valence-corrected chi connectivity index (χ0v) is 15.9. The molecule has 0 spiro atoms. The largest absolute Gasteiger partial charge is 0.493 e. The summed E-state index contributed by atoms with van der Waals surface area (Å²) in [7, 11) is 5.02. The third kappa shape index (κ3) is 3.87. The second kappa shape index (κ2) is 7.66. The summed E-state index contributed by atoms with van der Waals surface area (Å²) in [6.45, 7) is 6.01. The maximum absolute atomic E-state index is 12.6. The lowest BCUT2D eigenvalue weighted by Gasteiger charge is -2.24. The van der Waals surface area contributed by atoms with E-state index < -0.39 is 0 Å². The van der Waals surface area contributed by atoms with Crippen LogP contribution in [0.5, 0.6) is 11.5 Å². The van der Waals surface area contributed by atoms with Gasteiger partial charge in [-0.15, -0.1) is 11.3 Å². The fraction of sp³-hybridized carbons (Fsp3) is 0.444. The molecule has 1 heterocycles. The molecule has 6 heteroatoms. The molecule has 2 rings (SSSR count). The monoisotopic (exact) mass is 348 g/mol. The molecule has 1 aromatic heterocycles. The summed E-state index contributed by atoms with van der Waals surface area (Å²) >= 11 is 1.64. The first kappa shape index (κ1) is 18.3. The lowest BCUT2D eigenvalue weighted by Crippen LogP contribution is -2.30. The number of carbonyl (C=O) groups excluding carboxylic acids is 1. The molecule has 5 nitrogen and oxygen atoms in total. The smallest absolute Gasteiger partial charge is 0.227 e. The van der Waals surface area contributed by atoms with Gasteiger partial charge in [0, 0.05) is 11.9 Å². The first-order valence-corrected chi connectivity index (χ1v) is 8.59. The summed E-state index contributed by atoms with van der Waals surface area (Å²) in [4.78, 5) is 20.0. The molecule has 1 amide bonds. The number of amides is 1. The molecule has 130 valence electrons. The van der Waals surface area contributed by atoms with E-state index in [1.54, 1.807) is 30.5 Å². The molecule has 0 unspecified atom stereocenters. The summed E-state index contributed by atoms with van der Waals surface area (Å²) in [5.41, 5.74) is 1.89. The lowest BCUT2D eigenvalue weighted by atomic mass is 10.1. The number of hydrogen-bond donors (Lipinski definition) is 0. The minimum Gasteiger partial charge on any atom is -0.493 e. The van der Waals surface area contributed by atoms with Crippen LogP contribution in [0.4, 0.5) is 0 Å². The highest BCUT2D eigenvalue weighted by molar-refractivity contribution is 7.11. The van der Waals surface area contributed by atoms with Crippen molar-refractivity contribution in [2.75, 3.05) is 21.3 Å². The van der Waals surface area contributed by atoms with E-state index >= 15 is 0 Å². The molecular formula is C18H24N2O3S. The number of nitrogens with zero attached hydrogens (tertiary/aromatic N) is 2. The Morgan fingerprint density at radius 1 is 1.25 bits per heavy atom. The fourth-order valence-electron chi connectivity index (χ4n) is 2.62. The number of benzene rings is 1. The van der Waals surface area contributed by atoms with Crippen LogP contribution in [0.3, 0.4) is 0 Å². The Kier molecular flexibility index (Phi) is 5.83. The van der Waals surface area contributed by atoms with Crippen molar-refractivity contribution in [2.24, 2.45) is 0 Å². The van der Waals surface area contributed by atoms with Gasteiger partial charge in [-0.25, -0.2) is 4.98 Å². The highest BCUT2D eigenvalue weighted by Gasteiger charge is 2.22. The van der Waals surface area contributed by atoms with Gasteiger partial charge in [0.2, 0.25) is 5.91 Å². The van der Waals surface area contributed by atoms with Crippen molar-refractivity contribution in [3.63, 3.8) is 0 Å². The number of ether oxygens (including phenoxy) is 2. The normalized spacial score (nSPS) is 11.9. The van der Waals surface area contributed by atoms with Crippen LogP contribution in [0, 0.1) is 13.8 Å². The number of rotatable bonds is 6. The number of hydrogen-bond acceptors (Lipinski definition) is 5. The van der Waals surface area contributed by atoms with Gasteiger partial charge in [0.25, 0.3) is 0 Å². The van der Waals surface area contributed by atoms with E-state index in [2.05, 4.69) is 4.98 Å². The third-order valence-corrected chi connectivity index (χ3v) is 5.34. The molecule has 0 aliphatic heterocycles. The van der Waals surface area contributed by atoms with Gasteiger partial charge in [-0.1, -0.05) is 6.07 Å². The van der Waals surface area contributed by atoms with Crippen LogP contribution in [0.2, 0.25) is 0 Å². The first-order chi connectivity index (χ1) is 11.4. The average molecular weight is 348 g/mol. The SMILES string of the molecule is COc1ccc(CC(=O)N(C)[C@@H](C)c2sc(C)nc2C)cc1OC. The molecule has 0 N–H and O–H groups in total. The Bertz CT molecular complexity index is 727. The molecule has 1 atom stereocenters. The number of likely N-dealkylation sites (N-methyl/N-ethyl adjacent to an activating group) is 1. The predicted octanol–water partition coefficient (Wildman–Crippen LogP) is 3.54. The van der Waals surface area contributed by atoms with Gasteiger partial charge < -0.3 is 14.4 Å². The van der Waals surface area contributed by atoms with E-state index in [4.69, 9.17) is 9.47 Å². The van der Waals surface area contributed by atoms with E-state index in [1.807, 2.05) is 46.0 Å². The Balaban J connectivity index is 2.12. The van der Waals surface area contributed by atoms with Crippen LogP contribution >= 0.6 is 11.3 Å². The van der Waals surface area contributed by atoms with Crippen LogP contribution in [0.15, 0.2) is 18.2 Å². The zero-order chi connectivity index (χ0) is 17.9. The van der Waals surface area contributed by atoms with Crippen molar-refractivity contribution in [3.05, 3.63) is 39.3 Å². The molecule has 0 aliphatic carbocycles. The Hall–Kier alpha value is -2.08. The van der Waals surface area contributed by atoms with Crippen LogP contribution in [-0.4, -0.2) is 37.1 Å². The van der Waals surface area contributed by atoms with Crippen molar-refractivity contribution >= 4 is 17.2 Å². The summed E-state index contributed by atoms with van der Waals surface area (Å²) in [5, 5.41) is 1.02. The maximum Gasteiger partial charge on any atom is 0.227 e. The number of carbonyl (C=O) groups is 1. The fourth-order valence-corrected chi connectivity index (χ4v) is 3.64. The van der Waals surface area contributed by atoms with E-state index in [0.29, 0.717) is 17.9 Å². The van der Waals surface area contributed by atoms with Crippen molar-refractivity contribution in [3.8, 4) is 11.5 Å². The van der Waals surface area contributed by atoms with Gasteiger partial charge in [-0.3, -0.25) is 4.79 Å². The molecule has 0 fully saturated rings. The van der Waals surface area contributed by atoms with Crippen molar-refractivity contribution in [2.45, 2.75) is 33.2 Å². The van der Waals surface area contributed by atoms with E-state index in [-0.39, 0.29) is 11.9 Å². The number of aromatic nitrogens is 1. The molecule has 0 aliphatic rings. The molecule has 1 aromatic carbocycles. The Labute approximate surface area is 147 Å². The first-order valence-electron chi connectivity index (χ1n) is 7.77. The summed E-state index contributed by atoms with van der Waals surface area (Å²) < 4.78 is 10.5.